The van der Waals surface area contributed by atoms with Gasteiger partial charge in [-0.05, 0) is 18.1 Å². The molecule has 0 saturated heterocycles. The van der Waals surface area contributed by atoms with E-state index < -0.39 is 14.3 Å². The first-order valence-corrected chi connectivity index (χ1v) is 7.15. The van der Waals surface area contributed by atoms with Gasteiger partial charge >= 0.3 is 5.97 Å². The Kier molecular flexibility index (Phi) is 3.72. The molecule has 0 bridgehead atoms. The maximum absolute atomic E-state index is 10.2. The van der Waals surface area contributed by atoms with Crippen LogP contribution in [0.4, 0.5) is 0 Å². The zero-order valence-electron chi connectivity index (χ0n) is 8.92. The molecule has 4 heteroatoms. The summed E-state index contributed by atoms with van der Waals surface area (Å²) in [5.74, 6) is -0.973. The number of hydrogen-bond acceptors (Lipinski definition) is 2. The molecule has 0 unspecified atom stereocenters. The van der Waals surface area contributed by atoms with Gasteiger partial charge in [0.25, 0.3) is 0 Å². The molecule has 3 nitrogen and oxygen atoms in total. The lowest BCUT2D eigenvalue weighted by Gasteiger charge is -2.34. The van der Waals surface area contributed by atoms with E-state index in [9.17, 15) is 4.79 Å². The van der Waals surface area contributed by atoms with Crippen LogP contribution >= 0.6 is 0 Å². The van der Waals surface area contributed by atoms with Crippen molar-refractivity contribution in [2.45, 2.75) is 38.9 Å². The van der Waals surface area contributed by atoms with Crippen molar-refractivity contribution in [1.29, 1.82) is 0 Å². The summed E-state index contributed by atoms with van der Waals surface area (Å²) < 4.78 is 5.48. The molecule has 0 heterocycles. The summed E-state index contributed by atoms with van der Waals surface area (Å²) in [5.41, 5.74) is 0. The number of aliphatic carboxylic acids is 1. The summed E-state index contributed by atoms with van der Waals surface area (Å²) in [6, 6.07) is 0. The molecule has 0 radical (unpaired) electrons. The molecule has 0 spiro atoms. The number of hydrogen-bond donors (Lipinski definition) is 1. The molecule has 0 amide bonds. The summed E-state index contributed by atoms with van der Waals surface area (Å²) >= 11 is 0. The van der Waals surface area contributed by atoms with Crippen molar-refractivity contribution in [2.24, 2.45) is 0 Å². The van der Waals surface area contributed by atoms with Crippen LogP contribution in [0.25, 0.3) is 0 Å². The fraction of sp³-hybridized carbons (Fsp3) is 0.667. The van der Waals surface area contributed by atoms with Gasteiger partial charge in [-0.15, -0.1) is 0 Å². The molecule has 0 aromatic rings. The van der Waals surface area contributed by atoms with E-state index >= 15 is 0 Å². The van der Waals surface area contributed by atoms with Crippen molar-refractivity contribution in [3.63, 3.8) is 0 Å². The van der Waals surface area contributed by atoms with Crippen LogP contribution < -0.4 is 0 Å². The monoisotopic (exact) mass is 202 g/mol. The minimum absolute atomic E-state index is 0.107. The molecule has 0 aromatic heterocycles. The molecule has 0 fully saturated rings. The number of carboxylic acids is 1. The van der Waals surface area contributed by atoms with Crippen LogP contribution in [0.2, 0.25) is 18.1 Å². The van der Waals surface area contributed by atoms with Crippen LogP contribution in [0.15, 0.2) is 12.3 Å². The SMILES string of the molecule is CC(C)(C)[Si](C)(C)OC=CC(=O)O. The molecule has 0 aliphatic heterocycles. The third-order valence-electron chi connectivity index (χ3n) is 2.38. The normalized spacial score (nSPS) is 13.3. The number of rotatable bonds is 3. The molecule has 0 aliphatic carbocycles. The van der Waals surface area contributed by atoms with Crippen LogP contribution in [0.3, 0.4) is 0 Å². The molecule has 1 N–H and O–H groups in total. The Bertz CT molecular complexity index is 213. The summed E-state index contributed by atoms with van der Waals surface area (Å²) in [6.07, 6.45) is 2.32. The fourth-order valence-corrected chi connectivity index (χ4v) is 1.20. The second-order valence-electron chi connectivity index (χ2n) is 4.52. The van der Waals surface area contributed by atoms with E-state index in [1.807, 2.05) is 0 Å². The van der Waals surface area contributed by atoms with E-state index in [2.05, 4.69) is 33.9 Å². The maximum Gasteiger partial charge on any atom is 0.331 e. The maximum atomic E-state index is 10.2. The topological polar surface area (TPSA) is 46.5 Å². The Labute approximate surface area is 80.5 Å². The minimum atomic E-state index is -1.82. The van der Waals surface area contributed by atoms with Crippen LogP contribution in [0.1, 0.15) is 20.8 Å². The van der Waals surface area contributed by atoms with Gasteiger partial charge in [0, 0.05) is 0 Å². The fourth-order valence-electron chi connectivity index (χ4n) is 0.439. The van der Waals surface area contributed by atoms with E-state index in [1.54, 1.807) is 0 Å². The van der Waals surface area contributed by atoms with Crippen molar-refractivity contribution in [2.75, 3.05) is 0 Å². The van der Waals surface area contributed by atoms with E-state index in [4.69, 9.17) is 9.53 Å². The number of carbonyl (C=O) groups is 1. The van der Waals surface area contributed by atoms with Gasteiger partial charge < -0.3 is 9.53 Å². The van der Waals surface area contributed by atoms with E-state index in [0.29, 0.717) is 0 Å². The van der Waals surface area contributed by atoms with Gasteiger partial charge in [0.15, 0.2) is 0 Å². The van der Waals surface area contributed by atoms with E-state index in [-0.39, 0.29) is 5.04 Å². The highest BCUT2D eigenvalue weighted by Gasteiger charge is 2.37. The Balaban J connectivity index is 4.27. The highest BCUT2D eigenvalue weighted by Crippen LogP contribution is 2.36. The average molecular weight is 202 g/mol. The van der Waals surface area contributed by atoms with Crippen molar-refractivity contribution >= 4 is 14.3 Å². The molecule has 13 heavy (non-hydrogen) atoms. The van der Waals surface area contributed by atoms with Crippen LogP contribution in [0.5, 0.6) is 0 Å². The zero-order valence-corrected chi connectivity index (χ0v) is 9.92. The van der Waals surface area contributed by atoms with Gasteiger partial charge in [-0.1, -0.05) is 20.8 Å². The lowest BCUT2D eigenvalue weighted by Crippen LogP contribution is -2.39. The summed E-state index contributed by atoms with van der Waals surface area (Å²) in [4.78, 5) is 10.2. The predicted octanol–water partition coefficient (Wildman–Crippen LogP) is 2.61. The van der Waals surface area contributed by atoms with Crippen molar-refractivity contribution in [1.82, 2.24) is 0 Å². The quantitative estimate of drug-likeness (QED) is 0.435. The van der Waals surface area contributed by atoms with Gasteiger partial charge in [-0.2, -0.15) is 0 Å². The lowest BCUT2D eigenvalue weighted by atomic mass is 10.2. The first-order chi connectivity index (χ1) is 5.67. The molecule has 0 aromatic carbocycles. The van der Waals surface area contributed by atoms with Crippen molar-refractivity contribution in [3.05, 3.63) is 12.3 Å². The van der Waals surface area contributed by atoms with Gasteiger partial charge in [0.1, 0.15) is 0 Å². The highest BCUT2D eigenvalue weighted by atomic mass is 28.4. The van der Waals surface area contributed by atoms with Gasteiger partial charge in [0.05, 0.1) is 12.3 Å². The highest BCUT2D eigenvalue weighted by molar-refractivity contribution is 6.74. The molecule has 0 saturated carbocycles. The molecular weight excluding hydrogens is 184 g/mol. The molecule has 0 aliphatic rings. The molecular formula is C9H18O3Si. The standard InChI is InChI=1S/C9H18O3Si/c1-9(2,3)13(4,5)12-7-6-8(10)11/h6-7H,1-5H3,(H,10,11). The van der Waals surface area contributed by atoms with Gasteiger partial charge in [0.2, 0.25) is 8.32 Å². The Hall–Kier alpha value is -0.773. The first kappa shape index (κ1) is 12.2. The predicted molar refractivity (Wildman–Crippen MR) is 55.1 cm³/mol. The summed E-state index contributed by atoms with van der Waals surface area (Å²) in [7, 11) is -1.82. The van der Waals surface area contributed by atoms with Crippen LogP contribution in [-0.4, -0.2) is 19.4 Å². The van der Waals surface area contributed by atoms with Crippen LogP contribution in [-0.2, 0) is 9.22 Å². The Morgan fingerprint density at radius 1 is 1.38 bits per heavy atom. The Morgan fingerprint density at radius 2 is 1.85 bits per heavy atom. The largest absolute Gasteiger partial charge is 0.549 e. The molecule has 0 atom stereocenters. The lowest BCUT2D eigenvalue weighted by molar-refractivity contribution is -0.131. The summed E-state index contributed by atoms with van der Waals surface area (Å²) in [5, 5.41) is 8.47. The zero-order chi connectivity index (χ0) is 10.7. The second kappa shape index (κ2) is 3.96. The summed E-state index contributed by atoms with van der Waals surface area (Å²) in [6.45, 7) is 10.5. The second-order valence-corrected chi connectivity index (χ2v) is 9.28. The number of carboxylic acid groups (broad SMARTS) is 1. The third-order valence-corrected chi connectivity index (χ3v) is 6.72. The Morgan fingerprint density at radius 3 is 2.15 bits per heavy atom. The van der Waals surface area contributed by atoms with Gasteiger partial charge in [-0.25, -0.2) is 4.79 Å². The van der Waals surface area contributed by atoms with E-state index in [1.165, 1.54) is 6.26 Å². The molecule has 0 rings (SSSR count). The van der Waals surface area contributed by atoms with Crippen LogP contribution in [0, 0.1) is 0 Å². The van der Waals surface area contributed by atoms with Crippen molar-refractivity contribution < 1.29 is 14.3 Å². The van der Waals surface area contributed by atoms with Crippen molar-refractivity contribution in [3.8, 4) is 0 Å². The third kappa shape index (κ3) is 4.12. The minimum Gasteiger partial charge on any atom is -0.549 e. The van der Waals surface area contributed by atoms with E-state index in [0.717, 1.165) is 6.08 Å². The molecule has 76 valence electrons. The average Bonchev–Trinajstić information content (AvgIpc) is 1.82. The van der Waals surface area contributed by atoms with Gasteiger partial charge in [-0.3, -0.25) is 0 Å². The first-order valence-electron chi connectivity index (χ1n) is 4.24. The smallest absolute Gasteiger partial charge is 0.331 e.